The van der Waals surface area contributed by atoms with Crippen LogP contribution in [0.4, 0.5) is 4.39 Å². The Bertz CT molecular complexity index is 354. The highest BCUT2D eigenvalue weighted by atomic mass is 79.9. The predicted octanol–water partition coefficient (Wildman–Crippen LogP) is 2.64. The van der Waals surface area contributed by atoms with Crippen molar-refractivity contribution in [2.75, 3.05) is 13.2 Å². The van der Waals surface area contributed by atoms with Crippen molar-refractivity contribution in [3.63, 3.8) is 0 Å². The topological polar surface area (TPSA) is 21.3 Å². The molecule has 1 saturated heterocycles. The highest BCUT2D eigenvalue weighted by Crippen LogP contribution is 2.21. The molecule has 0 aliphatic carbocycles. The minimum absolute atomic E-state index is 0.0204. The van der Waals surface area contributed by atoms with Crippen LogP contribution in [0.2, 0.25) is 0 Å². The maximum atomic E-state index is 13.6. The molecule has 82 valence electrons. The molecule has 1 aliphatic rings. The Balaban J connectivity index is 2.06. The Morgan fingerprint density at radius 1 is 1.53 bits per heavy atom. The van der Waals surface area contributed by atoms with Crippen LogP contribution in [0.5, 0.6) is 0 Å². The van der Waals surface area contributed by atoms with Gasteiger partial charge in [-0.1, -0.05) is 22.0 Å². The first-order valence-electron chi connectivity index (χ1n) is 4.95. The lowest BCUT2D eigenvalue weighted by Crippen LogP contribution is -2.46. The van der Waals surface area contributed by atoms with Gasteiger partial charge in [0.1, 0.15) is 5.82 Å². The van der Waals surface area contributed by atoms with Crippen molar-refractivity contribution < 1.29 is 9.13 Å². The molecule has 2 rings (SSSR count). The summed E-state index contributed by atoms with van der Waals surface area (Å²) in [6, 6.07) is 5.53. The smallest absolute Gasteiger partial charge is 0.129 e. The maximum absolute atomic E-state index is 13.6. The van der Waals surface area contributed by atoms with Crippen molar-refractivity contribution in [2.24, 2.45) is 0 Å². The average molecular weight is 274 g/mol. The summed E-state index contributed by atoms with van der Waals surface area (Å²) >= 11 is 3.24. The number of benzene rings is 1. The minimum Gasteiger partial charge on any atom is -0.378 e. The molecule has 1 atom stereocenters. The van der Waals surface area contributed by atoms with E-state index in [1.807, 2.05) is 13.0 Å². The van der Waals surface area contributed by atoms with Crippen LogP contribution in [0, 0.1) is 5.82 Å². The lowest BCUT2D eigenvalue weighted by molar-refractivity contribution is -0.00940. The Labute approximate surface area is 96.9 Å². The van der Waals surface area contributed by atoms with Gasteiger partial charge in [-0.25, -0.2) is 4.39 Å². The molecule has 1 aromatic rings. The number of ether oxygens (including phenoxy) is 1. The average Bonchev–Trinajstić information content (AvgIpc) is 2.11. The summed E-state index contributed by atoms with van der Waals surface area (Å²) in [6.45, 7) is 3.41. The SMILES string of the molecule is CC(NC1COC1)c1ccc(Br)cc1F. The van der Waals surface area contributed by atoms with E-state index in [0.29, 0.717) is 11.6 Å². The molecule has 2 nitrogen and oxygen atoms in total. The van der Waals surface area contributed by atoms with Crippen LogP contribution in [0.1, 0.15) is 18.5 Å². The van der Waals surface area contributed by atoms with E-state index < -0.39 is 0 Å². The van der Waals surface area contributed by atoms with Crippen LogP contribution in [-0.2, 0) is 4.74 Å². The fraction of sp³-hybridized carbons (Fsp3) is 0.455. The summed E-state index contributed by atoms with van der Waals surface area (Å²) in [6.07, 6.45) is 0. The molecule has 0 radical (unpaired) electrons. The van der Waals surface area contributed by atoms with E-state index in [2.05, 4.69) is 21.2 Å². The number of nitrogens with one attached hydrogen (secondary N) is 1. The maximum Gasteiger partial charge on any atom is 0.129 e. The molecule has 1 unspecified atom stereocenters. The van der Waals surface area contributed by atoms with Gasteiger partial charge in [0.05, 0.1) is 19.3 Å². The van der Waals surface area contributed by atoms with Crippen molar-refractivity contribution in [1.29, 1.82) is 0 Å². The monoisotopic (exact) mass is 273 g/mol. The standard InChI is InChI=1S/C11H13BrFNO/c1-7(14-9-5-15-6-9)10-3-2-8(12)4-11(10)13/h2-4,7,9,14H,5-6H2,1H3. The summed E-state index contributed by atoms with van der Waals surface area (Å²) in [7, 11) is 0. The number of halogens is 2. The fourth-order valence-corrected chi connectivity index (χ4v) is 1.96. The largest absolute Gasteiger partial charge is 0.378 e. The fourth-order valence-electron chi connectivity index (χ4n) is 1.63. The molecular weight excluding hydrogens is 261 g/mol. The lowest BCUT2D eigenvalue weighted by atomic mass is 10.1. The second-order valence-electron chi connectivity index (χ2n) is 3.79. The van der Waals surface area contributed by atoms with E-state index in [9.17, 15) is 4.39 Å². The normalized spacial score (nSPS) is 18.6. The van der Waals surface area contributed by atoms with Crippen molar-refractivity contribution in [1.82, 2.24) is 5.32 Å². The van der Waals surface area contributed by atoms with E-state index in [4.69, 9.17) is 4.74 Å². The Morgan fingerprint density at radius 3 is 2.80 bits per heavy atom. The second-order valence-corrected chi connectivity index (χ2v) is 4.70. The number of hydrogen-bond donors (Lipinski definition) is 1. The molecule has 1 aromatic carbocycles. The Morgan fingerprint density at radius 2 is 2.27 bits per heavy atom. The zero-order chi connectivity index (χ0) is 10.8. The summed E-state index contributed by atoms with van der Waals surface area (Å²) in [5.74, 6) is -0.176. The number of rotatable bonds is 3. The molecule has 15 heavy (non-hydrogen) atoms. The van der Waals surface area contributed by atoms with Crippen molar-refractivity contribution in [2.45, 2.75) is 19.0 Å². The van der Waals surface area contributed by atoms with Gasteiger partial charge in [0.2, 0.25) is 0 Å². The summed E-state index contributed by atoms with van der Waals surface area (Å²) < 4.78 is 19.4. The zero-order valence-corrected chi connectivity index (χ0v) is 10.1. The third-order valence-electron chi connectivity index (χ3n) is 2.55. The molecule has 0 saturated carbocycles. The molecule has 0 amide bonds. The van der Waals surface area contributed by atoms with E-state index in [1.54, 1.807) is 6.07 Å². The quantitative estimate of drug-likeness (QED) is 0.914. The third kappa shape index (κ3) is 2.56. The first-order valence-corrected chi connectivity index (χ1v) is 5.75. The highest BCUT2D eigenvalue weighted by Gasteiger charge is 2.21. The third-order valence-corrected chi connectivity index (χ3v) is 3.05. The number of hydrogen-bond acceptors (Lipinski definition) is 2. The van der Waals surface area contributed by atoms with Crippen LogP contribution in [-0.4, -0.2) is 19.3 Å². The van der Waals surface area contributed by atoms with Crippen molar-refractivity contribution in [3.05, 3.63) is 34.1 Å². The van der Waals surface area contributed by atoms with Gasteiger partial charge in [0, 0.05) is 16.1 Å². The summed E-state index contributed by atoms with van der Waals surface area (Å²) in [4.78, 5) is 0. The highest BCUT2D eigenvalue weighted by molar-refractivity contribution is 9.10. The van der Waals surface area contributed by atoms with E-state index in [0.717, 1.165) is 17.7 Å². The summed E-state index contributed by atoms with van der Waals surface area (Å²) in [5.41, 5.74) is 0.699. The van der Waals surface area contributed by atoms with Crippen molar-refractivity contribution in [3.8, 4) is 0 Å². The zero-order valence-electron chi connectivity index (χ0n) is 8.47. The Kier molecular flexibility index (Phi) is 3.38. The van der Waals surface area contributed by atoms with Gasteiger partial charge in [0.15, 0.2) is 0 Å². The van der Waals surface area contributed by atoms with Crippen LogP contribution in [0.3, 0.4) is 0 Å². The van der Waals surface area contributed by atoms with Crippen LogP contribution in [0.25, 0.3) is 0 Å². The van der Waals surface area contributed by atoms with E-state index >= 15 is 0 Å². The van der Waals surface area contributed by atoms with E-state index in [1.165, 1.54) is 6.07 Å². The first kappa shape index (κ1) is 11.0. The molecule has 0 aromatic heterocycles. The summed E-state index contributed by atoms with van der Waals surface area (Å²) in [5, 5.41) is 3.31. The van der Waals surface area contributed by atoms with Crippen LogP contribution < -0.4 is 5.32 Å². The van der Waals surface area contributed by atoms with Gasteiger partial charge in [-0.3, -0.25) is 0 Å². The van der Waals surface area contributed by atoms with Gasteiger partial charge in [-0.15, -0.1) is 0 Å². The molecule has 1 fully saturated rings. The van der Waals surface area contributed by atoms with Gasteiger partial charge < -0.3 is 10.1 Å². The molecule has 0 spiro atoms. The van der Waals surface area contributed by atoms with Crippen LogP contribution >= 0.6 is 15.9 Å². The molecule has 1 aliphatic heterocycles. The van der Waals surface area contributed by atoms with Gasteiger partial charge >= 0.3 is 0 Å². The Hall–Kier alpha value is -0.450. The van der Waals surface area contributed by atoms with Crippen molar-refractivity contribution >= 4 is 15.9 Å². The van der Waals surface area contributed by atoms with E-state index in [-0.39, 0.29) is 11.9 Å². The first-order chi connectivity index (χ1) is 7.16. The molecule has 1 heterocycles. The second kappa shape index (κ2) is 4.60. The molecule has 1 N–H and O–H groups in total. The molecular formula is C11H13BrFNO. The molecule has 0 bridgehead atoms. The van der Waals surface area contributed by atoms with Crippen LogP contribution in [0.15, 0.2) is 22.7 Å². The minimum atomic E-state index is -0.176. The predicted molar refractivity (Wildman–Crippen MR) is 60.3 cm³/mol. The van der Waals surface area contributed by atoms with Gasteiger partial charge in [-0.05, 0) is 19.1 Å². The lowest BCUT2D eigenvalue weighted by Gasteiger charge is -2.30. The van der Waals surface area contributed by atoms with Gasteiger partial charge in [0.25, 0.3) is 0 Å². The molecule has 4 heteroatoms. The van der Waals surface area contributed by atoms with Gasteiger partial charge in [-0.2, -0.15) is 0 Å².